The number of hydrogen-bond acceptors (Lipinski definition) is 7. The molecule has 37 heavy (non-hydrogen) atoms. The zero-order valence-electron chi connectivity index (χ0n) is 19.6. The molecule has 0 spiro atoms. The lowest BCUT2D eigenvalue weighted by molar-refractivity contribution is 0.0712. The number of hydrogen-bond donors (Lipinski definition) is 1. The highest BCUT2D eigenvalue weighted by Gasteiger charge is 2.31. The quantitative estimate of drug-likeness (QED) is 0.323. The maximum atomic E-state index is 14.5. The van der Waals surface area contributed by atoms with Gasteiger partial charge in [-0.3, -0.25) is 9.52 Å². The van der Waals surface area contributed by atoms with E-state index in [1.165, 1.54) is 35.7 Å². The van der Waals surface area contributed by atoms with E-state index in [0.717, 1.165) is 5.56 Å². The number of thiazole rings is 1. The predicted molar refractivity (Wildman–Crippen MR) is 139 cm³/mol. The summed E-state index contributed by atoms with van der Waals surface area (Å²) in [7, 11) is -3.72. The van der Waals surface area contributed by atoms with E-state index in [4.69, 9.17) is 16.1 Å². The summed E-state index contributed by atoms with van der Waals surface area (Å²) < 4.78 is 47.4. The average Bonchev–Trinajstić information content (AvgIpc) is 3.53. The van der Waals surface area contributed by atoms with E-state index >= 15 is 0 Å². The van der Waals surface area contributed by atoms with Crippen LogP contribution in [0.1, 0.15) is 40.4 Å². The summed E-state index contributed by atoms with van der Waals surface area (Å²) in [5.74, 6) is -0.413. The van der Waals surface area contributed by atoms with E-state index in [1.807, 2.05) is 0 Å². The number of aromatic nitrogens is 2. The van der Waals surface area contributed by atoms with Crippen LogP contribution in [0, 0.1) is 12.7 Å². The molecule has 0 saturated carbocycles. The fourth-order valence-electron chi connectivity index (χ4n) is 4.46. The Labute approximate surface area is 222 Å². The fraction of sp³-hybridized carbons (Fsp3) is 0.240. The molecule has 0 aliphatic carbocycles. The maximum Gasteiger partial charge on any atom is 0.263 e. The molecule has 5 rings (SSSR count). The van der Waals surface area contributed by atoms with E-state index in [1.54, 1.807) is 41.5 Å². The molecule has 0 radical (unpaired) electrons. The van der Waals surface area contributed by atoms with Gasteiger partial charge in [-0.1, -0.05) is 35.0 Å². The second-order valence-electron chi connectivity index (χ2n) is 8.64. The average molecular weight is 561 g/mol. The molecule has 8 nitrogen and oxygen atoms in total. The van der Waals surface area contributed by atoms with Gasteiger partial charge in [0, 0.05) is 24.7 Å². The van der Waals surface area contributed by atoms with E-state index in [2.05, 4.69) is 14.9 Å². The largest absolute Gasteiger partial charge is 0.360 e. The number of nitrogens with zero attached hydrogens (tertiary/aromatic N) is 3. The van der Waals surface area contributed by atoms with Crippen LogP contribution in [-0.4, -0.2) is 42.5 Å². The number of nitrogens with one attached hydrogen (secondary N) is 1. The number of sulfonamides is 1. The van der Waals surface area contributed by atoms with Gasteiger partial charge in [-0.05, 0) is 55.5 Å². The number of carbonyl (C=O) groups is 1. The lowest BCUT2D eigenvalue weighted by Gasteiger charge is -2.32. The van der Waals surface area contributed by atoms with Crippen LogP contribution in [0.4, 0.5) is 9.52 Å². The molecule has 192 valence electrons. The number of aryl methyl sites for hydroxylation is 1. The normalized spacial score (nSPS) is 14.6. The number of likely N-dealkylation sites (tertiary alicyclic amines) is 1. The van der Waals surface area contributed by atoms with Gasteiger partial charge in [-0.2, -0.15) is 0 Å². The number of carbonyl (C=O) groups excluding carboxylic acids is 1. The molecule has 12 heteroatoms. The summed E-state index contributed by atoms with van der Waals surface area (Å²) in [5.41, 5.74) is 1.34. The molecule has 1 fully saturated rings. The number of amides is 1. The molecule has 3 heterocycles. The molecule has 0 unspecified atom stereocenters. The highest BCUT2D eigenvalue weighted by molar-refractivity contribution is 7.93. The molecule has 2 aromatic carbocycles. The van der Waals surface area contributed by atoms with Crippen LogP contribution in [0.5, 0.6) is 0 Å². The van der Waals surface area contributed by atoms with Gasteiger partial charge in [0.25, 0.3) is 15.9 Å². The van der Waals surface area contributed by atoms with Gasteiger partial charge in [0.1, 0.15) is 22.8 Å². The summed E-state index contributed by atoms with van der Waals surface area (Å²) in [4.78, 5) is 19.2. The Morgan fingerprint density at radius 2 is 1.92 bits per heavy atom. The first-order valence-corrected chi connectivity index (χ1v) is 14.2. The maximum absolute atomic E-state index is 14.5. The van der Waals surface area contributed by atoms with Crippen LogP contribution < -0.4 is 4.72 Å². The minimum absolute atomic E-state index is 0.0404. The van der Waals surface area contributed by atoms with Crippen LogP contribution in [0.2, 0.25) is 5.02 Å². The van der Waals surface area contributed by atoms with Crippen molar-refractivity contribution in [2.45, 2.75) is 30.6 Å². The fourth-order valence-corrected chi connectivity index (χ4v) is 6.50. The van der Waals surface area contributed by atoms with Crippen molar-refractivity contribution in [3.8, 4) is 11.3 Å². The highest BCUT2D eigenvalue weighted by atomic mass is 35.5. The van der Waals surface area contributed by atoms with Crippen LogP contribution >= 0.6 is 22.9 Å². The Bertz CT molecular complexity index is 1510. The number of piperidine rings is 1. The lowest BCUT2D eigenvalue weighted by Crippen LogP contribution is -2.38. The van der Waals surface area contributed by atoms with Crippen molar-refractivity contribution < 1.29 is 22.1 Å². The molecular formula is C25H22ClFN4O4S2. The van der Waals surface area contributed by atoms with Gasteiger partial charge < -0.3 is 9.42 Å². The molecule has 1 aliphatic rings. The number of anilines is 1. The second kappa shape index (κ2) is 10.2. The minimum Gasteiger partial charge on any atom is -0.360 e. The van der Waals surface area contributed by atoms with Crippen molar-refractivity contribution in [1.82, 2.24) is 15.0 Å². The standard InChI is InChI=1S/C25H22ClFN4O4S2/c1-15-21(23(29-35-15)22-19(26)3-2-4-20(22)27)24(32)31-12-9-17(10-13-31)16-5-7-18(8-6-16)37(33,34)30-25-28-11-14-36-25/h2-8,11,14,17H,9-10,12-13H2,1H3,(H,28,30). The summed E-state index contributed by atoms with van der Waals surface area (Å²) in [5, 5.41) is 6.08. The highest BCUT2D eigenvalue weighted by Crippen LogP contribution is 2.35. The van der Waals surface area contributed by atoms with E-state index < -0.39 is 15.8 Å². The monoisotopic (exact) mass is 560 g/mol. The topological polar surface area (TPSA) is 105 Å². The van der Waals surface area contributed by atoms with Crippen molar-refractivity contribution in [2.75, 3.05) is 17.8 Å². The summed E-state index contributed by atoms with van der Waals surface area (Å²) in [6.45, 7) is 2.57. The molecule has 1 saturated heterocycles. The Morgan fingerprint density at radius 3 is 2.57 bits per heavy atom. The van der Waals surface area contributed by atoms with Crippen LogP contribution in [0.3, 0.4) is 0 Å². The van der Waals surface area contributed by atoms with Crippen molar-refractivity contribution in [3.05, 3.63) is 81.8 Å². The van der Waals surface area contributed by atoms with Gasteiger partial charge in [0.2, 0.25) is 0 Å². The Hall–Kier alpha value is -3.28. The van der Waals surface area contributed by atoms with Crippen LogP contribution in [0.25, 0.3) is 11.3 Å². The van der Waals surface area contributed by atoms with Gasteiger partial charge in [-0.15, -0.1) is 11.3 Å². The molecule has 1 N–H and O–H groups in total. The molecule has 0 bridgehead atoms. The third-order valence-electron chi connectivity index (χ3n) is 6.37. The SMILES string of the molecule is Cc1onc(-c2c(F)cccc2Cl)c1C(=O)N1CCC(c2ccc(S(=O)(=O)Nc3nccs3)cc2)CC1. The zero-order valence-corrected chi connectivity index (χ0v) is 22.0. The number of halogens is 2. The molecule has 0 atom stereocenters. The third-order valence-corrected chi connectivity index (χ3v) is 8.86. The van der Waals surface area contributed by atoms with E-state index in [0.29, 0.717) is 36.8 Å². The third kappa shape index (κ3) is 5.11. The Morgan fingerprint density at radius 1 is 1.19 bits per heavy atom. The summed E-state index contributed by atoms with van der Waals surface area (Å²) >= 11 is 7.41. The number of rotatable bonds is 6. The predicted octanol–water partition coefficient (Wildman–Crippen LogP) is 5.72. The first-order chi connectivity index (χ1) is 17.7. The van der Waals surface area contributed by atoms with Gasteiger partial charge in [-0.25, -0.2) is 17.8 Å². The summed E-state index contributed by atoms with van der Waals surface area (Å²) in [6, 6.07) is 11.1. The van der Waals surface area contributed by atoms with Crippen molar-refractivity contribution >= 4 is 44.0 Å². The first-order valence-electron chi connectivity index (χ1n) is 11.5. The Kier molecular flexibility index (Phi) is 7.02. The van der Waals surface area contributed by atoms with Gasteiger partial charge >= 0.3 is 0 Å². The van der Waals surface area contributed by atoms with Gasteiger partial charge in [0.15, 0.2) is 5.13 Å². The Balaban J connectivity index is 1.28. The molecular weight excluding hydrogens is 539 g/mol. The van der Waals surface area contributed by atoms with Crippen molar-refractivity contribution in [1.29, 1.82) is 0 Å². The van der Waals surface area contributed by atoms with Crippen LogP contribution in [0.15, 0.2) is 63.5 Å². The van der Waals surface area contributed by atoms with E-state index in [9.17, 15) is 17.6 Å². The van der Waals surface area contributed by atoms with Crippen LogP contribution in [-0.2, 0) is 10.0 Å². The minimum atomic E-state index is -3.72. The smallest absolute Gasteiger partial charge is 0.263 e. The molecule has 1 amide bonds. The lowest BCUT2D eigenvalue weighted by atomic mass is 9.89. The summed E-state index contributed by atoms with van der Waals surface area (Å²) in [6.07, 6.45) is 2.91. The van der Waals surface area contributed by atoms with Crippen molar-refractivity contribution in [2.24, 2.45) is 0 Å². The zero-order chi connectivity index (χ0) is 26.2. The molecule has 2 aromatic heterocycles. The number of benzene rings is 2. The second-order valence-corrected chi connectivity index (χ2v) is 11.6. The molecule has 1 aliphatic heterocycles. The first kappa shape index (κ1) is 25.4. The van der Waals surface area contributed by atoms with Gasteiger partial charge in [0.05, 0.1) is 15.5 Å². The van der Waals surface area contributed by atoms with Crippen molar-refractivity contribution in [3.63, 3.8) is 0 Å². The van der Waals surface area contributed by atoms with E-state index in [-0.39, 0.29) is 38.6 Å². The molecule has 4 aromatic rings.